The van der Waals surface area contributed by atoms with Crippen molar-refractivity contribution in [3.05, 3.63) is 64.4 Å². The van der Waals surface area contributed by atoms with Gasteiger partial charge in [0.15, 0.2) is 0 Å². The van der Waals surface area contributed by atoms with Crippen LogP contribution in [0.15, 0.2) is 42.5 Å². The highest BCUT2D eigenvalue weighted by molar-refractivity contribution is 6.30. The average molecular weight is 383 g/mol. The fourth-order valence-corrected chi connectivity index (χ4v) is 3.71. The first-order valence-corrected chi connectivity index (χ1v) is 9.58. The molecule has 0 unspecified atom stereocenters. The maximum Gasteiger partial charge on any atom is 0.253 e. The minimum absolute atomic E-state index is 0.0736. The Hall–Kier alpha value is -2.37. The van der Waals surface area contributed by atoms with Crippen molar-refractivity contribution in [1.82, 2.24) is 19.4 Å². The van der Waals surface area contributed by atoms with Crippen molar-refractivity contribution in [3.8, 4) is 0 Å². The molecule has 0 saturated carbocycles. The zero-order valence-corrected chi connectivity index (χ0v) is 16.4. The predicted molar refractivity (Wildman–Crippen MR) is 108 cm³/mol. The van der Waals surface area contributed by atoms with Gasteiger partial charge in [0.25, 0.3) is 5.91 Å². The molecule has 4 rings (SSSR count). The first-order valence-electron chi connectivity index (χ1n) is 9.20. The zero-order valence-electron chi connectivity index (χ0n) is 15.7. The zero-order chi connectivity index (χ0) is 19.0. The summed E-state index contributed by atoms with van der Waals surface area (Å²) in [6, 6.07) is 13.5. The fraction of sp³-hybridized carbons (Fsp3) is 0.333. The van der Waals surface area contributed by atoms with E-state index >= 15 is 0 Å². The number of aromatic nitrogens is 2. The van der Waals surface area contributed by atoms with Crippen LogP contribution >= 0.6 is 11.6 Å². The molecule has 0 radical (unpaired) electrons. The highest BCUT2D eigenvalue weighted by atomic mass is 35.5. The Labute approximate surface area is 164 Å². The van der Waals surface area contributed by atoms with Crippen LogP contribution in [0.1, 0.15) is 21.7 Å². The molecular weight excluding hydrogens is 360 g/mol. The first-order chi connectivity index (χ1) is 13.0. The van der Waals surface area contributed by atoms with Crippen LogP contribution in [0.5, 0.6) is 0 Å². The number of carbonyl (C=O) groups is 1. The number of hydrogen-bond donors (Lipinski definition) is 0. The standard InChI is InChI=1S/C21H23ClN4O/c1-15-3-8-19-18(13-15)23-20(24(19)2)14-25-9-11-26(12-10-25)21(27)16-4-6-17(22)7-5-16/h3-8,13H,9-12,14H2,1-2H3. The molecule has 2 heterocycles. The molecule has 27 heavy (non-hydrogen) atoms. The number of halogens is 1. The largest absolute Gasteiger partial charge is 0.336 e. The van der Waals surface area contributed by atoms with Crippen LogP contribution in [0, 0.1) is 6.92 Å². The lowest BCUT2D eigenvalue weighted by molar-refractivity contribution is 0.0624. The van der Waals surface area contributed by atoms with Crippen LogP contribution in [0.2, 0.25) is 5.02 Å². The van der Waals surface area contributed by atoms with Gasteiger partial charge in [-0.25, -0.2) is 4.98 Å². The van der Waals surface area contributed by atoms with Crippen molar-refractivity contribution in [3.63, 3.8) is 0 Å². The summed E-state index contributed by atoms with van der Waals surface area (Å²) >= 11 is 5.91. The fourth-order valence-electron chi connectivity index (χ4n) is 3.59. The highest BCUT2D eigenvalue weighted by Gasteiger charge is 2.23. The van der Waals surface area contributed by atoms with E-state index in [1.807, 2.05) is 4.90 Å². The maximum atomic E-state index is 12.6. The Bertz CT molecular complexity index is 972. The van der Waals surface area contributed by atoms with E-state index < -0.39 is 0 Å². The van der Waals surface area contributed by atoms with Crippen LogP contribution in [0.25, 0.3) is 11.0 Å². The molecule has 2 aromatic carbocycles. The average Bonchev–Trinajstić information content (AvgIpc) is 2.97. The van der Waals surface area contributed by atoms with Crippen molar-refractivity contribution in [2.45, 2.75) is 13.5 Å². The molecule has 5 nitrogen and oxygen atoms in total. The van der Waals surface area contributed by atoms with E-state index in [2.05, 4.69) is 41.6 Å². The molecular formula is C21H23ClN4O. The number of nitrogens with zero attached hydrogens (tertiary/aromatic N) is 4. The van der Waals surface area contributed by atoms with Crippen LogP contribution in [0.4, 0.5) is 0 Å². The highest BCUT2D eigenvalue weighted by Crippen LogP contribution is 2.19. The van der Waals surface area contributed by atoms with Gasteiger partial charge in [0.05, 0.1) is 17.6 Å². The number of carbonyl (C=O) groups excluding carboxylic acids is 1. The number of amides is 1. The van der Waals surface area contributed by atoms with Gasteiger partial charge in [0.2, 0.25) is 0 Å². The molecule has 1 aliphatic heterocycles. The van der Waals surface area contributed by atoms with Crippen LogP contribution < -0.4 is 0 Å². The third-order valence-corrected chi connectivity index (χ3v) is 5.50. The Balaban J connectivity index is 1.40. The minimum Gasteiger partial charge on any atom is -0.336 e. The smallest absolute Gasteiger partial charge is 0.253 e. The number of piperazine rings is 1. The number of rotatable bonds is 3. The second kappa shape index (κ2) is 7.33. The lowest BCUT2D eigenvalue weighted by Crippen LogP contribution is -2.48. The molecule has 0 spiro atoms. The molecule has 3 aromatic rings. The van der Waals surface area contributed by atoms with Crippen molar-refractivity contribution >= 4 is 28.5 Å². The van der Waals surface area contributed by atoms with Crippen LogP contribution in [-0.4, -0.2) is 51.4 Å². The number of hydrogen-bond acceptors (Lipinski definition) is 3. The number of imidazole rings is 1. The van der Waals surface area contributed by atoms with Gasteiger partial charge in [-0.15, -0.1) is 0 Å². The second-order valence-electron chi connectivity index (χ2n) is 7.15. The van der Waals surface area contributed by atoms with Gasteiger partial charge in [-0.2, -0.15) is 0 Å². The second-order valence-corrected chi connectivity index (χ2v) is 7.59. The minimum atomic E-state index is 0.0736. The SMILES string of the molecule is Cc1ccc2c(c1)nc(CN1CCN(C(=O)c3ccc(Cl)cc3)CC1)n2C. The van der Waals surface area contributed by atoms with Crippen molar-refractivity contribution in [2.24, 2.45) is 7.05 Å². The Morgan fingerprint density at radius 1 is 1.07 bits per heavy atom. The molecule has 0 bridgehead atoms. The lowest BCUT2D eigenvalue weighted by atomic mass is 10.2. The maximum absolute atomic E-state index is 12.6. The van der Waals surface area contributed by atoms with Crippen LogP contribution in [0.3, 0.4) is 0 Å². The summed E-state index contributed by atoms with van der Waals surface area (Å²) in [5.41, 5.74) is 4.12. The van der Waals surface area contributed by atoms with E-state index in [1.165, 1.54) is 5.56 Å². The predicted octanol–water partition coefficient (Wildman–Crippen LogP) is 3.49. The molecule has 1 saturated heterocycles. The van der Waals surface area contributed by atoms with E-state index in [0.717, 1.165) is 49.6 Å². The Morgan fingerprint density at radius 2 is 1.78 bits per heavy atom. The quantitative estimate of drug-likeness (QED) is 0.696. The molecule has 0 aliphatic carbocycles. The van der Waals surface area contributed by atoms with E-state index in [4.69, 9.17) is 16.6 Å². The Morgan fingerprint density at radius 3 is 2.48 bits per heavy atom. The Kier molecular flexibility index (Phi) is 4.89. The monoisotopic (exact) mass is 382 g/mol. The summed E-state index contributed by atoms with van der Waals surface area (Å²) in [6.07, 6.45) is 0. The van der Waals surface area contributed by atoms with Gasteiger partial charge in [-0.1, -0.05) is 17.7 Å². The molecule has 6 heteroatoms. The van der Waals surface area contributed by atoms with Crippen LogP contribution in [-0.2, 0) is 13.6 Å². The first kappa shape index (κ1) is 18.0. The topological polar surface area (TPSA) is 41.4 Å². The van der Waals surface area contributed by atoms with Gasteiger partial charge in [-0.3, -0.25) is 9.69 Å². The van der Waals surface area contributed by atoms with E-state index in [-0.39, 0.29) is 5.91 Å². The van der Waals surface area contributed by atoms with Gasteiger partial charge in [0, 0.05) is 43.8 Å². The molecule has 1 amide bonds. The molecule has 1 aromatic heterocycles. The molecule has 0 N–H and O–H groups in total. The van der Waals surface area contributed by atoms with E-state index in [0.29, 0.717) is 10.6 Å². The summed E-state index contributed by atoms with van der Waals surface area (Å²) in [6.45, 7) is 6.04. The van der Waals surface area contributed by atoms with Gasteiger partial charge >= 0.3 is 0 Å². The van der Waals surface area contributed by atoms with Crippen molar-refractivity contribution in [1.29, 1.82) is 0 Å². The van der Waals surface area contributed by atoms with Crippen molar-refractivity contribution in [2.75, 3.05) is 26.2 Å². The number of fused-ring (bicyclic) bond motifs is 1. The van der Waals surface area contributed by atoms with E-state index in [1.54, 1.807) is 24.3 Å². The molecule has 0 atom stereocenters. The van der Waals surface area contributed by atoms with E-state index in [9.17, 15) is 4.79 Å². The van der Waals surface area contributed by atoms with Crippen molar-refractivity contribution < 1.29 is 4.79 Å². The molecule has 140 valence electrons. The lowest BCUT2D eigenvalue weighted by Gasteiger charge is -2.34. The van der Waals surface area contributed by atoms with Gasteiger partial charge in [0.1, 0.15) is 5.82 Å². The normalized spacial score (nSPS) is 15.4. The third-order valence-electron chi connectivity index (χ3n) is 5.24. The summed E-state index contributed by atoms with van der Waals surface area (Å²) in [7, 11) is 2.07. The summed E-state index contributed by atoms with van der Waals surface area (Å²) in [4.78, 5) is 21.7. The summed E-state index contributed by atoms with van der Waals surface area (Å²) in [5, 5.41) is 0.647. The molecule has 1 aliphatic rings. The number of benzene rings is 2. The molecule has 1 fully saturated rings. The number of aryl methyl sites for hydroxylation is 2. The summed E-state index contributed by atoms with van der Waals surface area (Å²) in [5.74, 6) is 1.14. The third kappa shape index (κ3) is 3.70. The summed E-state index contributed by atoms with van der Waals surface area (Å²) < 4.78 is 2.17. The van der Waals surface area contributed by atoms with Gasteiger partial charge in [-0.05, 0) is 48.9 Å². The van der Waals surface area contributed by atoms with Gasteiger partial charge < -0.3 is 9.47 Å².